The second kappa shape index (κ2) is 9.67. The predicted octanol–water partition coefficient (Wildman–Crippen LogP) is 2.62. The lowest BCUT2D eigenvalue weighted by atomic mass is 9.94. The summed E-state index contributed by atoms with van der Waals surface area (Å²) < 4.78 is 77.4. The van der Waals surface area contributed by atoms with Gasteiger partial charge in [0.15, 0.2) is 0 Å². The van der Waals surface area contributed by atoms with Gasteiger partial charge in [0.25, 0.3) is 10.0 Å². The number of rotatable bonds is 6. The van der Waals surface area contributed by atoms with Crippen molar-refractivity contribution < 1.29 is 26.0 Å². The summed E-state index contributed by atoms with van der Waals surface area (Å²) in [6.45, 7) is 1.38. The van der Waals surface area contributed by atoms with E-state index in [2.05, 4.69) is 19.0 Å². The molecule has 0 bridgehead atoms. The second-order valence-electron chi connectivity index (χ2n) is 8.63. The van der Waals surface area contributed by atoms with Gasteiger partial charge in [-0.3, -0.25) is 9.62 Å². The van der Waals surface area contributed by atoms with E-state index in [-0.39, 0.29) is 34.5 Å². The van der Waals surface area contributed by atoms with Gasteiger partial charge in [-0.05, 0) is 23.8 Å². The summed E-state index contributed by atoms with van der Waals surface area (Å²) in [6.07, 6.45) is 3.09. The molecule has 2 aliphatic rings. The molecule has 2 aliphatic heterocycles. The fourth-order valence-corrected chi connectivity index (χ4v) is 7.18. The van der Waals surface area contributed by atoms with E-state index in [1.165, 1.54) is 41.2 Å². The Bertz CT molecular complexity index is 1450. The van der Waals surface area contributed by atoms with E-state index in [0.29, 0.717) is 31.9 Å². The van der Waals surface area contributed by atoms with Crippen molar-refractivity contribution >= 4 is 36.7 Å². The molecule has 0 aliphatic carbocycles. The first kappa shape index (κ1) is 25.0. The number of nitrogens with one attached hydrogen (secondary N) is 1. The smallest absolute Gasteiger partial charge is 0.263 e. The minimum atomic E-state index is -3.89. The van der Waals surface area contributed by atoms with Gasteiger partial charge in [0.2, 0.25) is 15.2 Å². The highest BCUT2D eigenvalue weighted by molar-refractivity contribution is 7.93. The summed E-state index contributed by atoms with van der Waals surface area (Å²) in [5.74, 6) is 0.0863. The van der Waals surface area contributed by atoms with E-state index in [4.69, 9.17) is 4.74 Å². The number of nitrogens with zero attached hydrogens (tertiary/aromatic N) is 4. The fraction of sp³-hybridized carbons (Fsp3) is 0.364. The number of sulfonamides is 2. The zero-order valence-corrected chi connectivity index (χ0v) is 21.7. The number of halogens is 1. The average Bonchev–Trinajstić information content (AvgIpc) is 3.35. The molecule has 0 amide bonds. The van der Waals surface area contributed by atoms with Crippen LogP contribution in [0.25, 0.3) is 0 Å². The summed E-state index contributed by atoms with van der Waals surface area (Å²) in [5.41, 5.74) is 1.62. The van der Waals surface area contributed by atoms with E-state index < -0.39 is 20.0 Å². The molecular weight excluding hydrogens is 529 g/mol. The van der Waals surface area contributed by atoms with Crippen molar-refractivity contribution in [3.05, 3.63) is 65.7 Å². The maximum atomic E-state index is 13.6. The largest absolute Gasteiger partial charge is 0.493 e. The Hall–Kier alpha value is -2.65. The average molecular weight is 554 g/mol. The number of piperazine rings is 1. The molecule has 1 aromatic heterocycles. The van der Waals surface area contributed by atoms with Crippen molar-refractivity contribution in [3.8, 4) is 5.75 Å². The molecule has 2 aromatic carbocycles. The first-order chi connectivity index (χ1) is 17.1. The van der Waals surface area contributed by atoms with Crippen LogP contribution in [-0.2, 0) is 20.0 Å². The standard InChI is InChI=1S/C22H24FN5O5S3/c1-35(29,30)27-9-10-28(20(13-27)15-2-4-16(23)5-3-15)19-8-11-33-21-12-17(6-7-18(19)21)36(31,32)26-22-24-14-25-34-22/h2-7,12,14,19-20H,8-11,13H2,1H3,(H,24,25,26). The minimum Gasteiger partial charge on any atom is -0.493 e. The number of aromatic nitrogens is 2. The number of hydrogen-bond donors (Lipinski definition) is 1. The highest BCUT2D eigenvalue weighted by Gasteiger charge is 2.38. The molecule has 3 heterocycles. The van der Waals surface area contributed by atoms with Crippen LogP contribution in [0.3, 0.4) is 0 Å². The summed E-state index contributed by atoms with van der Waals surface area (Å²) in [4.78, 5) is 6.10. The number of benzene rings is 2. The summed E-state index contributed by atoms with van der Waals surface area (Å²) >= 11 is 0.934. The molecule has 192 valence electrons. The van der Waals surface area contributed by atoms with Crippen LogP contribution in [-0.4, -0.2) is 67.9 Å². The van der Waals surface area contributed by atoms with Crippen LogP contribution >= 0.6 is 11.5 Å². The molecule has 0 radical (unpaired) electrons. The first-order valence-corrected chi connectivity index (χ1v) is 15.2. The fourth-order valence-electron chi connectivity index (χ4n) is 4.68. The van der Waals surface area contributed by atoms with Gasteiger partial charge in [0.1, 0.15) is 17.9 Å². The lowest BCUT2D eigenvalue weighted by Crippen LogP contribution is -2.51. The normalized spacial score (nSPS) is 21.5. The molecule has 14 heteroatoms. The van der Waals surface area contributed by atoms with Crippen molar-refractivity contribution in [1.82, 2.24) is 18.6 Å². The summed E-state index contributed by atoms with van der Waals surface area (Å²) in [6, 6.07) is 10.4. The molecule has 1 saturated heterocycles. The van der Waals surface area contributed by atoms with E-state index in [0.717, 1.165) is 22.7 Å². The molecular formula is C22H24FN5O5S3. The Morgan fingerprint density at radius 2 is 1.86 bits per heavy atom. The van der Waals surface area contributed by atoms with Gasteiger partial charge in [-0.25, -0.2) is 26.2 Å². The predicted molar refractivity (Wildman–Crippen MR) is 132 cm³/mol. The third kappa shape index (κ3) is 5.09. The lowest BCUT2D eigenvalue weighted by molar-refractivity contribution is 0.0508. The summed E-state index contributed by atoms with van der Waals surface area (Å²) in [7, 11) is -7.29. The zero-order chi connectivity index (χ0) is 25.5. The Labute approximate surface area is 213 Å². The van der Waals surface area contributed by atoms with Crippen LogP contribution in [0.5, 0.6) is 5.75 Å². The molecule has 1 N–H and O–H groups in total. The monoisotopic (exact) mass is 553 g/mol. The Kier molecular flexibility index (Phi) is 6.72. The second-order valence-corrected chi connectivity index (χ2v) is 13.1. The highest BCUT2D eigenvalue weighted by atomic mass is 32.2. The van der Waals surface area contributed by atoms with Gasteiger partial charge in [-0.2, -0.15) is 8.68 Å². The van der Waals surface area contributed by atoms with Gasteiger partial charge in [-0.15, -0.1) is 0 Å². The van der Waals surface area contributed by atoms with E-state index in [1.54, 1.807) is 18.2 Å². The van der Waals surface area contributed by atoms with Gasteiger partial charge >= 0.3 is 0 Å². The molecule has 0 saturated carbocycles. The number of ether oxygens (including phenoxy) is 1. The lowest BCUT2D eigenvalue weighted by Gasteiger charge is -2.46. The Balaban J connectivity index is 1.47. The van der Waals surface area contributed by atoms with Crippen LogP contribution in [0.2, 0.25) is 0 Å². The molecule has 3 aromatic rings. The van der Waals surface area contributed by atoms with Crippen LogP contribution in [0.4, 0.5) is 9.52 Å². The van der Waals surface area contributed by atoms with Crippen molar-refractivity contribution in [2.75, 3.05) is 37.2 Å². The summed E-state index contributed by atoms with van der Waals surface area (Å²) in [5, 5.41) is 0.164. The third-order valence-corrected chi connectivity index (χ3v) is 9.71. The van der Waals surface area contributed by atoms with Crippen LogP contribution in [0, 0.1) is 5.82 Å². The maximum absolute atomic E-state index is 13.6. The van der Waals surface area contributed by atoms with Gasteiger partial charge in [0.05, 0.1) is 17.8 Å². The molecule has 10 nitrogen and oxygen atoms in total. The Morgan fingerprint density at radius 3 is 2.56 bits per heavy atom. The SMILES string of the molecule is CS(=O)(=O)N1CCN(C2CCOc3cc(S(=O)(=O)Nc4ncns4)ccc32)C(c2ccc(F)cc2)C1. The molecule has 36 heavy (non-hydrogen) atoms. The van der Waals surface area contributed by atoms with E-state index >= 15 is 0 Å². The molecule has 5 rings (SSSR count). The first-order valence-electron chi connectivity index (χ1n) is 11.1. The van der Waals surface area contributed by atoms with Crippen molar-refractivity contribution in [3.63, 3.8) is 0 Å². The van der Waals surface area contributed by atoms with Crippen molar-refractivity contribution in [1.29, 1.82) is 0 Å². The van der Waals surface area contributed by atoms with Crippen molar-refractivity contribution in [2.45, 2.75) is 23.4 Å². The Morgan fingerprint density at radius 1 is 1.08 bits per heavy atom. The topological polar surface area (TPSA) is 122 Å². The zero-order valence-electron chi connectivity index (χ0n) is 19.2. The number of anilines is 1. The van der Waals surface area contributed by atoms with Crippen molar-refractivity contribution in [2.24, 2.45) is 0 Å². The van der Waals surface area contributed by atoms with Crippen LogP contribution in [0.15, 0.2) is 53.7 Å². The van der Waals surface area contributed by atoms with Gasteiger partial charge in [-0.1, -0.05) is 18.2 Å². The van der Waals surface area contributed by atoms with Gasteiger partial charge in [0, 0.05) is 61.3 Å². The van der Waals surface area contributed by atoms with Crippen LogP contribution in [0.1, 0.15) is 29.6 Å². The van der Waals surface area contributed by atoms with Gasteiger partial charge < -0.3 is 4.74 Å². The molecule has 1 fully saturated rings. The number of hydrogen-bond acceptors (Lipinski definition) is 9. The molecule has 0 spiro atoms. The van der Waals surface area contributed by atoms with Crippen LogP contribution < -0.4 is 9.46 Å². The minimum absolute atomic E-state index is 0.0362. The third-order valence-electron chi connectivity index (χ3n) is 6.39. The maximum Gasteiger partial charge on any atom is 0.263 e. The highest BCUT2D eigenvalue weighted by Crippen LogP contribution is 2.42. The molecule has 2 unspecified atom stereocenters. The quantitative estimate of drug-likeness (QED) is 0.495. The van der Waals surface area contributed by atoms with E-state index in [9.17, 15) is 21.2 Å². The molecule has 2 atom stereocenters. The number of fused-ring (bicyclic) bond motifs is 1. The van der Waals surface area contributed by atoms with E-state index in [1.807, 2.05) is 0 Å².